The number of nitrogens with one attached hydrogen (secondary N) is 2. The van der Waals surface area contributed by atoms with Crippen LogP contribution < -0.4 is 10.6 Å². The van der Waals surface area contributed by atoms with Crippen molar-refractivity contribution in [2.24, 2.45) is 0 Å². The van der Waals surface area contributed by atoms with Gasteiger partial charge in [0.05, 0.1) is 0 Å². The fourth-order valence-electron chi connectivity index (χ4n) is 2.21. The third-order valence-electron chi connectivity index (χ3n) is 3.32. The topological polar surface area (TPSA) is 49.8 Å². The summed E-state index contributed by atoms with van der Waals surface area (Å²) in [4.78, 5) is 8.68. The highest BCUT2D eigenvalue weighted by Gasteiger charge is 2.04. The SMILES string of the molecule is Cc1cc(Nc2cccc(F)c2)nc(NCc2ccc(F)cc2)n1. The molecule has 1 heterocycles. The molecule has 0 aliphatic heterocycles. The Morgan fingerprint density at radius 2 is 1.71 bits per heavy atom. The van der Waals surface area contributed by atoms with Crippen molar-refractivity contribution in [3.8, 4) is 0 Å². The van der Waals surface area contributed by atoms with E-state index in [9.17, 15) is 8.78 Å². The summed E-state index contributed by atoms with van der Waals surface area (Å²) < 4.78 is 26.2. The number of rotatable bonds is 5. The standard InChI is InChI=1S/C18H16F2N4/c1-12-9-17(23-16-4-2-3-15(20)10-16)24-18(22-12)21-11-13-5-7-14(19)8-6-13/h2-10H,11H2,1H3,(H2,21,22,23,24). The van der Waals surface area contributed by atoms with Gasteiger partial charge >= 0.3 is 0 Å². The van der Waals surface area contributed by atoms with Crippen LogP contribution in [0.5, 0.6) is 0 Å². The van der Waals surface area contributed by atoms with Gasteiger partial charge in [0.2, 0.25) is 5.95 Å². The maximum Gasteiger partial charge on any atom is 0.225 e. The summed E-state index contributed by atoms with van der Waals surface area (Å²) in [5, 5.41) is 6.15. The molecule has 0 aliphatic rings. The van der Waals surface area contributed by atoms with Gasteiger partial charge in [-0.05, 0) is 42.8 Å². The number of anilines is 3. The zero-order valence-corrected chi connectivity index (χ0v) is 13.1. The van der Waals surface area contributed by atoms with Gasteiger partial charge in [0.1, 0.15) is 17.5 Å². The van der Waals surface area contributed by atoms with Gasteiger partial charge in [-0.2, -0.15) is 4.98 Å². The highest BCUT2D eigenvalue weighted by molar-refractivity contribution is 5.57. The summed E-state index contributed by atoms with van der Waals surface area (Å²) in [5.74, 6) is 0.417. The Bertz CT molecular complexity index is 835. The fraction of sp³-hybridized carbons (Fsp3) is 0.111. The molecule has 4 nitrogen and oxygen atoms in total. The van der Waals surface area contributed by atoms with E-state index in [2.05, 4.69) is 20.6 Å². The molecule has 6 heteroatoms. The summed E-state index contributed by atoms with van der Waals surface area (Å²) in [7, 11) is 0. The molecular weight excluding hydrogens is 310 g/mol. The first-order valence-electron chi connectivity index (χ1n) is 7.45. The Hall–Kier alpha value is -3.02. The summed E-state index contributed by atoms with van der Waals surface area (Å²) in [6, 6.07) is 14.1. The van der Waals surface area contributed by atoms with Gasteiger partial charge in [-0.1, -0.05) is 18.2 Å². The average molecular weight is 326 g/mol. The van der Waals surface area contributed by atoms with Crippen LogP contribution in [-0.4, -0.2) is 9.97 Å². The third-order valence-corrected chi connectivity index (χ3v) is 3.32. The normalized spacial score (nSPS) is 10.5. The molecule has 1 aromatic heterocycles. The van der Waals surface area contributed by atoms with Crippen molar-refractivity contribution >= 4 is 17.5 Å². The lowest BCUT2D eigenvalue weighted by molar-refractivity contribution is 0.627. The first kappa shape index (κ1) is 15.9. The largest absolute Gasteiger partial charge is 0.350 e. The Morgan fingerprint density at radius 3 is 2.46 bits per heavy atom. The predicted octanol–water partition coefficient (Wildman–Crippen LogP) is 4.42. The second-order valence-electron chi connectivity index (χ2n) is 5.33. The molecule has 0 radical (unpaired) electrons. The maximum absolute atomic E-state index is 13.3. The predicted molar refractivity (Wildman–Crippen MR) is 90.2 cm³/mol. The first-order valence-corrected chi connectivity index (χ1v) is 7.45. The highest BCUT2D eigenvalue weighted by atomic mass is 19.1. The first-order chi connectivity index (χ1) is 11.6. The monoisotopic (exact) mass is 326 g/mol. The van der Waals surface area contributed by atoms with E-state index < -0.39 is 0 Å². The minimum Gasteiger partial charge on any atom is -0.350 e. The summed E-state index contributed by atoms with van der Waals surface area (Å²) >= 11 is 0. The minimum atomic E-state index is -0.319. The van der Waals surface area contributed by atoms with Crippen LogP contribution in [0.3, 0.4) is 0 Å². The molecule has 3 rings (SSSR count). The van der Waals surface area contributed by atoms with Crippen LogP contribution >= 0.6 is 0 Å². The van der Waals surface area contributed by atoms with E-state index in [0.29, 0.717) is 24.0 Å². The van der Waals surface area contributed by atoms with Crippen LogP contribution in [0, 0.1) is 18.6 Å². The lowest BCUT2D eigenvalue weighted by atomic mass is 10.2. The lowest BCUT2D eigenvalue weighted by Crippen LogP contribution is -2.06. The van der Waals surface area contributed by atoms with Gasteiger partial charge in [-0.15, -0.1) is 0 Å². The lowest BCUT2D eigenvalue weighted by Gasteiger charge is -2.10. The van der Waals surface area contributed by atoms with Crippen LogP contribution in [0.2, 0.25) is 0 Å². The Kier molecular flexibility index (Phi) is 4.65. The van der Waals surface area contributed by atoms with Crippen LogP contribution in [0.4, 0.5) is 26.2 Å². The van der Waals surface area contributed by atoms with Gasteiger partial charge in [0.15, 0.2) is 0 Å². The highest BCUT2D eigenvalue weighted by Crippen LogP contribution is 2.18. The van der Waals surface area contributed by atoms with Crippen LogP contribution in [0.1, 0.15) is 11.3 Å². The quantitative estimate of drug-likeness (QED) is 0.729. The number of aromatic nitrogens is 2. The van der Waals surface area contributed by atoms with E-state index in [4.69, 9.17) is 0 Å². The fourth-order valence-corrected chi connectivity index (χ4v) is 2.21. The van der Waals surface area contributed by atoms with Gasteiger partial charge < -0.3 is 10.6 Å². The second-order valence-corrected chi connectivity index (χ2v) is 5.33. The molecule has 0 spiro atoms. The summed E-state index contributed by atoms with van der Waals surface area (Å²) in [6.07, 6.45) is 0. The zero-order chi connectivity index (χ0) is 16.9. The molecule has 24 heavy (non-hydrogen) atoms. The Labute approximate surface area is 138 Å². The molecule has 0 unspecified atom stereocenters. The van der Waals surface area contributed by atoms with E-state index in [1.807, 2.05) is 6.92 Å². The summed E-state index contributed by atoms with van der Waals surface area (Å²) in [5.41, 5.74) is 2.30. The van der Waals surface area contributed by atoms with Gasteiger partial charge in [0.25, 0.3) is 0 Å². The summed E-state index contributed by atoms with van der Waals surface area (Å²) in [6.45, 7) is 2.32. The van der Waals surface area contributed by atoms with Crippen LogP contribution in [-0.2, 0) is 6.54 Å². The van der Waals surface area contributed by atoms with Crippen molar-refractivity contribution in [1.82, 2.24) is 9.97 Å². The molecule has 0 aliphatic carbocycles. The minimum absolute atomic E-state index is 0.271. The number of hydrogen-bond acceptors (Lipinski definition) is 4. The Morgan fingerprint density at radius 1 is 0.917 bits per heavy atom. The van der Waals surface area contributed by atoms with E-state index in [0.717, 1.165) is 11.3 Å². The van der Waals surface area contributed by atoms with Gasteiger partial charge in [-0.25, -0.2) is 13.8 Å². The average Bonchev–Trinajstić information content (AvgIpc) is 2.54. The molecule has 0 fully saturated rings. The van der Waals surface area contributed by atoms with Crippen LogP contribution in [0.25, 0.3) is 0 Å². The molecule has 122 valence electrons. The molecule has 0 atom stereocenters. The van der Waals surface area contributed by atoms with Gasteiger partial charge in [-0.3, -0.25) is 0 Å². The van der Waals surface area contributed by atoms with Crippen molar-refractivity contribution in [3.63, 3.8) is 0 Å². The number of aryl methyl sites for hydroxylation is 1. The van der Waals surface area contributed by atoms with E-state index in [1.165, 1.54) is 24.3 Å². The van der Waals surface area contributed by atoms with Gasteiger partial charge in [0, 0.05) is 24.0 Å². The number of benzene rings is 2. The maximum atomic E-state index is 13.3. The number of halogens is 2. The molecule has 2 N–H and O–H groups in total. The molecule has 0 saturated carbocycles. The van der Waals surface area contributed by atoms with Crippen molar-refractivity contribution in [3.05, 3.63) is 77.5 Å². The van der Waals surface area contributed by atoms with Crippen molar-refractivity contribution in [2.75, 3.05) is 10.6 Å². The van der Waals surface area contributed by atoms with E-state index in [-0.39, 0.29) is 11.6 Å². The van der Waals surface area contributed by atoms with Crippen LogP contribution in [0.15, 0.2) is 54.6 Å². The van der Waals surface area contributed by atoms with Crippen molar-refractivity contribution in [1.29, 1.82) is 0 Å². The molecule has 0 saturated heterocycles. The van der Waals surface area contributed by atoms with E-state index in [1.54, 1.807) is 30.3 Å². The molecule has 2 aromatic carbocycles. The molecule has 3 aromatic rings. The molecular formula is C18H16F2N4. The smallest absolute Gasteiger partial charge is 0.225 e. The van der Waals surface area contributed by atoms with Crippen molar-refractivity contribution < 1.29 is 8.78 Å². The zero-order valence-electron chi connectivity index (χ0n) is 13.1. The van der Waals surface area contributed by atoms with E-state index >= 15 is 0 Å². The second kappa shape index (κ2) is 7.04. The Balaban J connectivity index is 1.72. The number of nitrogens with zero attached hydrogens (tertiary/aromatic N) is 2. The molecule has 0 bridgehead atoms. The third kappa shape index (κ3) is 4.25. The molecule has 0 amide bonds. The van der Waals surface area contributed by atoms with Crippen molar-refractivity contribution in [2.45, 2.75) is 13.5 Å². The number of hydrogen-bond donors (Lipinski definition) is 2.